The van der Waals surface area contributed by atoms with E-state index in [0.717, 1.165) is 0 Å². The zero-order chi connectivity index (χ0) is 19.9. The van der Waals surface area contributed by atoms with Gasteiger partial charge in [-0.05, 0) is 30.3 Å². The molecular weight excluding hydrogens is 402 g/mol. The van der Waals surface area contributed by atoms with Crippen molar-refractivity contribution >= 4 is 27.4 Å². The molecule has 0 radical (unpaired) electrons. The topological polar surface area (TPSA) is 72.9 Å². The van der Waals surface area contributed by atoms with Gasteiger partial charge in [-0.25, -0.2) is 8.42 Å². The summed E-state index contributed by atoms with van der Waals surface area (Å²) in [5.41, 5.74) is -0.0503. The van der Waals surface area contributed by atoms with Gasteiger partial charge >= 0.3 is 0 Å². The number of carbonyl (C=O) groups excluding carboxylic acids is 1. The first-order valence-electron chi connectivity index (χ1n) is 9.00. The normalized spacial score (nSPS) is 19.1. The molecule has 2 aromatic carbocycles. The minimum absolute atomic E-state index is 0.0418. The molecule has 1 fully saturated rings. The third-order valence-corrected chi connectivity index (χ3v) is 7.58. The highest BCUT2D eigenvalue weighted by Gasteiger charge is 2.45. The van der Waals surface area contributed by atoms with Crippen molar-refractivity contribution in [3.63, 3.8) is 0 Å². The fourth-order valence-electron chi connectivity index (χ4n) is 3.81. The predicted molar refractivity (Wildman–Crippen MR) is 105 cm³/mol. The maximum Gasteiger partial charge on any atom is 0.243 e. The molecule has 148 valence electrons. The Balaban J connectivity index is 1.53. The van der Waals surface area contributed by atoms with Crippen LogP contribution < -0.4 is 9.47 Å². The van der Waals surface area contributed by atoms with Gasteiger partial charge in [0.05, 0.1) is 29.0 Å². The summed E-state index contributed by atoms with van der Waals surface area (Å²) >= 11 is 6.09. The van der Waals surface area contributed by atoms with E-state index >= 15 is 0 Å². The SMILES string of the molecule is COc1ccc(S(=O)(=O)N2CCC3(CC2)CC(=O)c2ccccc2O3)cc1Cl. The summed E-state index contributed by atoms with van der Waals surface area (Å²) in [6.07, 6.45) is 1.18. The number of piperidine rings is 1. The highest BCUT2D eigenvalue weighted by Crippen LogP contribution is 2.40. The van der Waals surface area contributed by atoms with E-state index in [1.165, 1.54) is 23.5 Å². The number of rotatable bonds is 3. The molecule has 0 N–H and O–H groups in total. The largest absolute Gasteiger partial charge is 0.495 e. The molecule has 6 nitrogen and oxygen atoms in total. The van der Waals surface area contributed by atoms with Crippen molar-refractivity contribution in [2.75, 3.05) is 20.2 Å². The lowest BCUT2D eigenvalue weighted by Crippen LogP contribution is -2.52. The zero-order valence-corrected chi connectivity index (χ0v) is 16.9. The lowest BCUT2D eigenvalue weighted by atomic mass is 9.83. The van der Waals surface area contributed by atoms with Crippen LogP contribution in [0.15, 0.2) is 47.4 Å². The van der Waals surface area contributed by atoms with Gasteiger partial charge in [0.25, 0.3) is 0 Å². The number of Topliss-reactive ketones (excluding diaryl/α,β-unsaturated/α-hetero) is 1. The average molecular weight is 422 g/mol. The van der Waals surface area contributed by atoms with Crippen LogP contribution in [0.4, 0.5) is 0 Å². The summed E-state index contributed by atoms with van der Waals surface area (Å²) in [5.74, 6) is 1.04. The van der Waals surface area contributed by atoms with Crippen molar-refractivity contribution in [2.24, 2.45) is 0 Å². The second-order valence-corrected chi connectivity index (χ2v) is 9.43. The molecule has 0 unspecified atom stereocenters. The Morgan fingerprint density at radius 1 is 1.14 bits per heavy atom. The maximum absolute atomic E-state index is 13.0. The summed E-state index contributed by atoms with van der Waals surface area (Å²) in [6, 6.07) is 11.6. The predicted octanol–water partition coefficient (Wildman–Crippen LogP) is 3.54. The quantitative estimate of drug-likeness (QED) is 0.757. The second-order valence-electron chi connectivity index (χ2n) is 7.08. The molecule has 2 heterocycles. The van der Waals surface area contributed by atoms with E-state index in [0.29, 0.717) is 29.9 Å². The lowest BCUT2D eigenvalue weighted by Gasteiger charge is -2.43. The van der Waals surface area contributed by atoms with Crippen LogP contribution in [0.5, 0.6) is 11.5 Å². The molecule has 28 heavy (non-hydrogen) atoms. The third kappa shape index (κ3) is 3.27. The summed E-state index contributed by atoms with van der Waals surface area (Å²) in [5, 5.41) is 0.245. The van der Waals surface area contributed by atoms with Crippen molar-refractivity contribution < 1.29 is 22.7 Å². The summed E-state index contributed by atoms with van der Waals surface area (Å²) in [4.78, 5) is 12.6. The summed E-state index contributed by atoms with van der Waals surface area (Å²) < 4.78 is 38.7. The van der Waals surface area contributed by atoms with Crippen LogP contribution in [0.2, 0.25) is 5.02 Å². The van der Waals surface area contributed by atoms with Crippen LogP contribution >= 0.6 is 11.6 Å². The molecule has 2 aliphatic heterocycles. The molecule has 2 aromatic rings. The van der Waals surface area contributed by atoms with Crippen molar-refractivity contribution in [3.05, 3.63) is 53.1 Å². The number of benzene rings is 2. The molecule has 0 saturated carbocycles. The Bertz CT molecular complexity index is 1030. The average Bonchev–Trinajstić information content (AvgIpc) is 2.68. The molecule has 0 aliphatic carbocycles. The number of halogens is 1. The van der Waals surface area contributed by atoms with Crippen molar-refractivity contribution in [3.8, 4) is 11.5 Å². The van der Waals surface area contributed by atoms with Crippen LogP contribution in [0.1, 0.15) is 29.6 Å². The van der Waals surface area contributed by atoms with E-state index < -0.39 is 15.6 Å². The maximum atomic E-state index is 13.0. The van der Waals surface area contributed by atoms with Gasteiger partial charge < -0.3 is 9.47 Å². The number of nitrogens with zero attached hydrogens (tertiary/aromatic N) is 1. The van der Waals surface area contributed by atoms with E-state index in [4.69, 9.17) is 21.1 Å². The molecule has 0 bridgehead atoms. The van der Waals surface area contributed by atoms with E-state index in [2.05, 4.69) is 0 Å². The number of hydrogen-bond acceptors (Lipinski definition) is 5. The van der Waals surface area contributed by atoms with Gasteiger partial charge in [-0.2, -0.15) is 4.31 Å². The van der Waals surface area contributed by atoms with Gasteiger partial charge in [-0.15, -0.1) is 0 Å². The van der Waals surface area contributed by atoms with Gasteiger partial charge in [0.2, 0.25) is 10.0 Å². The van der Waals surface area contributed by atoms with Gasteiger partial charge in [-0.1, -0.05) is 23.7 Å². The first-order valence-corrected chi connectivity index (χ1v) is 10.8. The lowest BCUT2D eigenvalue weighted by molar-refractivity contribution is 0.00591. The van der Waals surface area contributed by atoms with Gasteiger partial charge in [0.1, 0.15) is 17.1 Å². The number of carbonyl (C=O) groups is 1. The van der Waals surface area contributed by atoms with Crippen LogP contribution in [-0.4, -0.2) is 44.3 Å². The molecule has 8 heteroatoms. The van der Waals surface area contributed by atoms with E-state index in [1.807, 2.05) is 12.1 Å². The van der Waals surface area contributed by atoms with Crippen molar-refractivity contribution in [1.29, 1.82) is 0 Å². The number of para-hydroxylation sites is 1. The number of methoxy groups -OCH3 is 1. The van der Waals surface area contributed by atoms with E-state index in [1.54, 1.807) is 18.2 Å². The van der Waals surface area contributed by atoms with Crippen LogP contribution in [0, 0.1) is 0 Å². The number of sulfonamides is 1. The molecular formula is C20H20ClNO5S. The summed E-state index contributed by atoms with van der Waals surface area (Å²) in [6.45, 7) is 0.558. The Morgan fingerprint density at radius 3 is 2.54 bits per heavy atom. The molecule has 4 rings (SSSR count). The molecule has 2 aliphatic rings. The highest BCUT2D eigenvalue weighted by atomic mass is 35.5. The molecule has 1 saturated heterocycles. The summed E-state index contributed by atoms with van der Waals surface area (Å²) in [7, 11) is -2.21. The first-order chi connectivity index (χ1) is 13.3. The third-order valence-electron chi connectivity index (χ3n) is 5.39. The van der Waals surface area contributed by atoms with Crippen LogP contribution in [0.25, 0.3) is 0 Å². The smallest absolute Gasteiger partial charge is 0.243 e. The first kappa shape index (κ1) is 19.2. The standard InChI is InChI=1S/C20H20ClNO5S/c1-26-19-7-6-14(12-16(19)21)28(24,25)22-10-8-20(9-11-22)13-17(23)15-4-2-3-5-18(15)27-20/h2-7,12H,8-11,13H2,1H3. The number of fused-ring (bicyclic) bond motifs is 1. The molecule has 0 amide bonds. The molecule has 0 aromatic heterocycles. The Labute approximate surface area is 169 Å². The van der Waals surface area contributed by atoms with Crippen molar-refractivity contribution in [1.82, 2.24) is 4.31 Å². The van der Waals surface area contributed by atoms with Gasteiger partial charge in [0.15, 0.2) is 5.78 Å². The number of hydrogen-bond donors (Lipinski definition) is 0. The van der Waals surface area contributed by atoms with Crippen molar-refractivity contribution in [2.45, 2.75) is 29.8 Å². The fraction of sp³-hybridized carbons (Fsp3) is 0.350. The minimum atomic E-state index is -3.69. The molecule has 0 atom stereocenters. The molecule has 1 spiro atoms. The van der Waals surface area contributed by atoms with E-state index in [-0.39, 0.29) is 35.2 Å². The number of ketones is 1. The van der Waals surface area contributed by atoms with Gasteiger partial charge in [-0.3, -0.25) is 4.79 Å². The van der Waals surface area contributed by atoms with Gasteiger partial charge in [0, 0.05) is 25.9 Å². The van der Waals surface area contributed by atoms with Crippen LogP contribution in [0.3, 0.4) is 0 Å². The second kappa shape index (κ2) is 7.06. The fourth-order valence-corrected chi connectivity index (χ4v) is 5.60. The Hall–Kier alpha value is -2.09. The Kier molecular flexibility index (Phi) is 4.85. The van der Waals surface area contributed by atoms with E-state index in [9.17, 15) is 13.2 Å². The Morgan fingerprint density at radius 2 is 1.86 bits per heavy atom. The number of ether oxygens (including phenoxy) is 2. The monoisotopic (exact) mass is 421 g/mol. The van der Waals surface area contributed by atoms with Crippen LogP contribution in [-0.2, 0) is 10.0 Å². The zero-order valence-electron chi connectivity index (χ0n) is 15.4. The minimum Gasteiger partial charge on any atom is -0.495 e. The highest BCUT2D eigenvalue weighted by molar-refractivity contribution is 7.89.